The Morgan fingerprint density at radius 3 is 2.79 bits per heavy atom. The molecule has 1 atom stereocenters. The second-order valence-corrected chi connectivity index (χ2v) is 5.03. The molecular formula is C14H13N3OS. The van der Waals surface area contributed by atoms with Crippen molar-refractivity contribution in [2.24, 2.45) is 5.73 Å². The van der Waals surface area contributed by atoms with E-state index >= 15 is 0 Å². The topological polar surface area (TPSA) is 78.9 Å². The SMILES string of the molecule is N#Cc1ccccc1C(NCc1cccs1)C(N)=O. The van der Waals surface area contributed by atoms with E-state index in [-0.39, 0.29) is 0 Å². The molecule has 2 aromatic rings. The van der Waals surface area contributed by atoms with E-state index in [1.807, 2.05) is 17.5 Å². The Morgan fingerprint density at radius 1 is 1.37 bits per heavy atom. The molecular weight excluding hydrogens is 258 g/mol. The van der Waals surface area contributed by atoms with Gasteiger partial charge in [-0.2, -0.15) is 5.26 Å². The zero-order valence-corrected chi connectivity index (χ0v) is 11.0. The number of benzene rings is 1. The van der Waals surface area contributed by atoms with Gasteiger partial charge in [0.25, 0.3) is 0 Å². The molecule has 4 nitrogen and oxygen atoms in total. The van der Waals surface area contributed by atoms with Crippen LogP contribution in [0, 0.1) is 11.3 Å². The van der Waals surface area contributed by atoms with Crippen LogP contribution in [0.3, 0.4) is 0 Å². The van der Waals surface area contributed by atoms with Crippen LogP contribution in [0.1, 0.15) is 22.0 Å². The van der Waals surface area contributed by atoms with E-state index in [2.05, 4.69) is 11.4 Å². The van der Waals surface area contributed by atoms with Crippen molar-refractivity contribution in [1.82, 2.24) is 5.32 Å². The van der Waals surface area contributed by atoms with E-state index in [4.69, 9.17) is 11.0 Å². The maximum atomic E-state index is 11.6. The highest BCUT2D eigenvalue weighted by Crippen LogP contribution is 2.18. The van der Waals surface area contributed by atoms with Crippen LogP contribution in [0.25, 0.3) is 0 Å². The van der Waals surface area contributed by atoms with Crippen molar-refractivity contribution in [3.63, 3.8) is 0 Å². The molecule has 96 valence electrons. The lowest BCUT2D eigenvalue weighted by atomic mass is 10.0. The molecule has 2 rings (SSSR count). The van der Waals surface area contributed by atoms with Crippen LogP contribution in [0.2, 0.25) is 0 Å². The first kappa shape index (κ1) is 13.3. The average molecular weight is 271 g/mol. The van der Waals surface area contributed by atoms with E-state index in [0.717, 1.165) is 4.88 Å². The quantitative estimate of drug-likeness (QED) is 0.872. The first-order valence-electron chi connectivity index (χ1n) is 5.76. The summed E-state index contributed by atoms with van der Waals surface area (Å²) in [5.74, 6) is -0.487. The highest BCUT2D eigenvalue weighted by molar-refractivity contribution is 7.09. The molecule has 0 aliphatic heterocycles. The molecule has 0 aliphatic carbocycles. The summed E-state index contributed by atoms with van der Waals surface area (Å²) in [7, 11) is 0. The molecule has 1 amide bonds. The first-order chi connectivity index (χ1) is 9.22. The minimum atomic E-state index is -0.655. The number of carbonyl (C=O) groups excluding carboxylic acids is 1. The number of primary amides is 1. The molecule has 1 heterocycles. The van der Waals surface area contributed by atoms with E-state index in [1.54, 1.807) is 35.6 Å². The lowest BCUT2D eigenvalue weighted by molar-refractivity contribution is -0.120. The number of thiophene rings is 1. The van der Waals surface area contributed by atoms with E-state index in [9.17, 15) is 4.79 Å². The Balaban J connectivity index is 2.20. The molecule has 0 aliphatic rings. The van der Waals surface area contributed by atoms with Gasteiger partial charge >= 0.3 is 0 Å². The lowest BCUT2D eigenvalue weighted by Gasteiger charge is -2.16. The minimum absolute atomic E-state index is 0.463. The Kier molecular flexibility index (Phi) is 4.29. The molecule has 19 heavy (non-hydrogen) atoms. The Morgan fingerprint density at radius 2 is 2.16 bits per heavy atom. The summed E-state index contributed by atoms with van der Waals surface area (Å²) in [6.45, 7) is 0.547. The summed E-state index contributed by atoms with van der Waals surface area (Å²) in [6.07, 6.45) is 0. The molecule has 1 unspecified atom stereocenters. The number of nitriles is 1. The van der Waals surface area contributed by atoms with E-state index in [1.165, 1.54) is 0 Å². The summed E-state index contributed by atoms with van der Waals surface area (Å²) in [5.41, 5.74) is 6.51. The summed E-state index contributed by atoms with van der Waals surface area (Å²) in [5, 5.41) is 14.1. The third kappa shape index (κ3) is 3.19. The van der Waals surface area contributed by atoms with Crippen LogP contribution in [0.4, 0.5) is 0 Å². The van der Waals surface area contributed by atoms with Crippen molar-refractivity contribution >= 4 is 17.2 Å². The van der Waals surface area contributed by atoms with Crippen LogP contribution >= 0.6 is 11.3 Å². The van der Waals surface area contributed by atoms with Gasteiger partial charge in [-0.15, -0.1) is 11.3 Å². The number of carbonyl (C=O) groups is 1. The molecule has 1 aromatic carbocycles. The van der Waals surface area contributed by atoms with E-state index in [0.29, 0.717) is 17.7 Å². The van der Waals surface area contributed by atoms with Crippen LogP contribution in [-0.2, 0) is 11.3 Å². The summed E-state index contributed by atoms with van der Waals surface area (Å²) in [6, 6.07) is 12.3. The molecule has 0 fully saturated rings. The minimum Gasteiger partial charge on any atom is -0.368 e. The number of nitrogens with two attached hydrogens (primary N) is 1. The van der Waals surface area contributed by atoms with Crippen LogP contribution in [0.15, 0.2) is 41.8 Å². The van der Waals surface area contributed by atoms with Gasteiger partial charge in [0.15, 0.2) is 0 Å². The third-order valence-corrected chi connectivity index (χ3v) is 3.61. The molecule has 5 heteroatoms. The van der Waals surface area contributed by atoms with Crippen molar-refractivity contribution in [3.8, 4) is 6.07 Å². The second-order valence-electron chi connectivity index (χ2n) is 3.99. The van der Waals surface area contributed by atoms with Gasteiger partial charge in [-0.1, -0.05) is 24.3 Å². The monoisotopic (exact) mass is 271 g/mol. The molecule has 0 bridgehead atoms. The third-order valence-electron chi connectivity index (χ3n) is 2.74. The maximum absolute atomic E-state index is 11.6. The number of amides is 1. The lowest BCUT2D eigenvalue weighted by Crippen LogP contribution is -2.33. The molecule has 0 spiro atoms. The van der Waals surface area contributed by atoms with Gasteiger partial charge in [-0.25, -0.2) is 0 Å². The summed E-state index contributed by atoms with van der Waals surface area (Å²) < 4.78 is 0. The maximum Gasteiger partial charge on any atom is 0.239 e. The molecule has 1 aromatic heterocycles. The van der Waals surface area contributed by atoms with Crippen molar-refractivity contribution in [3.05, 3.63) is 57.8 Å². The van der Waals surface area contributed by atoms with Gasteiger partial charge in [0, 0.05) is 11.4 Å². The zero-order chi connectivity index (χ0) is 13.7. The number of hydrogen-bond donors (Lipinski definition) is 2. The highest BCUT2D eigenvalue weighted by Gasteiger charge is 2.20. The Hall–Kier alpha value is -2.16. The number of hydrogen-bond acceptors (Lipinski definition) is 4. The van der Waals surface area contributed by atoms with Gasteiger partial charge in [0.2, 0.25) is 5.91 Å². The zero-order valence-electron chi connectivity index (χ0n) is 10.2. The standard InChI is InChI=1S/C14H13N3OS/c15-8-10-4-1-2-6-12(10)13(14(16)18)17-9-11-5-3-7-19-11/h1-7,13,17H,9H2,(H2,16,18). The fraction of sp³-hybridized carbons (Fsp3) is 0.143. The summed E-state index contributed by atoms with van der Waals surface area (Å²) in [4.78, 5) is 12.7. The summed E-state index contributed by atoms with van der Waals surface area (Å²) >= 11 is 1.60. The first-order valence-corrected chi connectivity index (χ1v) is 6.64. The van der Waals surface area contributed by atoms with Gasteiger partial charge in [0.05, 0.1) is 11.6 Å². The van der Waals surface area contributed by atoms with Crippen LogP contribution < -0.4 is 11.1 Å². The predicted molar refractivity (Wildman–Crippen MR) is 74.3 cm³/mol. The fourth-order valence-electron chi connectivity index (χ4n) is 1.83. The number of rotatable bonds is 5. The highest BCUT2D eigenvalue weighted by atomic mass is 32.1. The second kappa shape index (κ2) is 6.14. The van der Waals surface area contributed by atoms with Crippen molar-refractivity contribution in [2.45, 2.75) is 12.6 Å². The largest absolute Gasteiger partial charge is 0.368 e. The van der Waals surface area contributed by atoms with E-state index < -0.39 is 11.9 Å². The average Bonchev–Trinajstić information content (AvgIpc) is 2.92. The van der Waals surface area contributed by atoms with Crippen molar-refractivity contribution in [1.29, 1.82) is 5.26 Å². The van der Waals surface area contributed by atoms with Gasteiger partial charge < -0.3 is 5.73 Å². The van der Waals surface area contributed by atoms with Crippen LogP contribution in [0.5, 0.6) is 0 Å². The number of nitrogens with zero attached hydrogens (tertiary/aromatic N) is 1. The molecule has 0 saturated carbocycles. The van der Waals surface area contributed by atoms with Crippen molar-refractivity contribution in [2.75, 3.05) is 0 Å². The van der Waals surface area contributed by atoms with Gasteiger partial charge in [0.1, 0.15) is 6.04 Å². The number of nitrogens with one attached hydrogen (secondary N) is 1. The normalized spacial score (nSPS) is 11.7. The predicted octanol–water partition coefficient (Wildman–Crippen LogP) is 1.94. The Bertz CT molecular complexity index is 601. The molecule has 0 radical (unpaired) electrons. The molecule has 0 saturated heterocycles. The van der Waals surface area contributed by atoms with Gasteiger partial charge in [-0.3, -0.25) is 10.1 Å². The van der Waals surface area contributed by atoms with Gasteiger partial charge in [-0.05, 0) is 23.1 Å². The van der Waals surface area contributed by atoms with Crippen molar-refractivity contribution < 1.29 is 4.79 Å². The fourth-order valence-corrected chi connectivity index (χ4v) is 2.49. The van der Waals surface area contributed by atoms with Crippen LogP contribution in [-0.4, -0.2) is 5.91 Å². The Labute approximate surface area is 115 Å². The molecule has 3 N–H and O–H groups in total. The smallest absolute Gasteiger partial charge is 0.239 e.